The fraction of sp³-hybridized carbons (Fsp3) is 0.469. The van der Waals surface area contributed by atoms with Gasteiger partial charge < -0.3 is 24.4 Å². The average Bonchev–Trinajstić information content (AvgIpc) is 3.34. The molecule has 8 nitrogen and oxygen atoms in total. The quantitative estimate of drug-likeness (QED) is 0.338. The molecule has 5 atom stereocenters. The normalized spacial score (nSPS) is 32.5. The number of aliphatic hydroxyl groups excluding tert-OH is 1. The lowest BCUT2D eigenvalue weighted by atomic mass is 9.73. The summed E-state index contributed by atoms with van der Waals surface area (Å²) in [6.07, 6.45) is 10.6. The zero-order chi connectivity index (χ0) is 27.9. The summed E-state index contributed by atoms with van der Waals surface area (Å²) in [5, 5.41) is 11.5. The van der Waals surface area contributed by atoms with E-state index in [0.717, 1.165) is 22.9 Å². The third-order valence-electron chi connectivity index (χ3n) is 8.98. The number of allylic oxidation sites excluding steroid dienone is 1. The molecule has 4 aliphatic heterocycles. The number of carbonyl (C=O) groups is 3. The van der Waals surface area contributed by atoms with E-state index in [0.29, 0.717) is 32.2 Å². The molecular weight excluding hydrogens is 508 g/mol. The number of hydrogen-bond acceptors (Lipinski definition) is 6. The van der Waals surface area contributed by atoms with Gasteiger partial charge in [0.05, 0.1) is 12.5 Å². The number of rotatable bonds is 6. The van der Waals surface area contributed by atoms with E-state index in [-0.39, 0.29) is 31.6 Å². The average molecular weight is 545 g/mol. The van der Waals surface area contributed by atoms with Gasteiger partial charge in [0.15, 0.2) is 0 Å². The predicted octanol–water partition coefficient (Wildman–Crippen LogP) is 3.77. The number of aliphatic hydroxyl groups is 1. The Morgan fingerprint density at radius 2 is 1.80 bits per heavy atom. The fourth-order valence-corrected chi connectivity index (χ4v) is 7.08. The highest BCUT2D eigenvalue weighted by Gasteiger charge is 2.75. The molecule has 0 aliphatic carbocycles. The molecule has 0 aromatic heterocycles. The predicted molar refractivity (Wildman–Crippen MR) is 150 cm³/mol. The first-order valence-corrected chi connectivity index (χ1v) is 14.4. The first kappa shape index (κ1) is 26.7. The van der Waals surface area contributed by atoms with Gasteiger partial charge >= 0.3 is 5.97 Å². The van der Waals surface area contributed by atoms with Crippen molar-refractivity contribution in [1.29, 1.82) is 0 Å². The lowest BCUT2D eigenvalue weighted by Crippen LogP contribution is -2.56. The summed E-state index contributed by atoms with van der Waals surface area (Å²) in [6.45, 7) is 2.82. The molecule has 2 aromatic rings. The molecule has 1 spiro atoms. The standard InChI is InChI=1S/C32H36N2O6/c1-2-31-15-6-3-9-20-39-30(38)26(31)25-28(36)34(17-7-8-19-35)27-29(37)33(18-10-16-32(25,27)40-31)24-14-13-22-11-4-5-12-23(22)21-24/h4-6,10-16,21,25-27,35H,2-3,7-9,17-20H2,1H3/b15-6-/t25-,26-,27?,31+,32-/m0/s1. The molecule has 0 saturated carbocycles. The van der Waals surface area contributed by atoms with Gasteiger partial charge in [-0.05, 0) is 55.0 Å². The van der Waals surface area contributed by atoms with E-state index in [1.807, 2.05) is 73.7 Å². The first-order chi connectivity index (χ1) is 19.5. The molecule has 1 N–H and O–H groups in total. The summed E-state index contributed by atoms with van der Waals surface area (Å²) >= 11 is 0. The van der Waals surface area contributed by atoms with Crippen LogP contribution in [0.15, 0.2) is 66.8 Å². The molecule has 4 heterocycles. The summed E-state index contributed by atoms with van der Waals surface area (Å²) in [6, 6.07) is 12.9. The Hall–Kier alpha value is -3.49. The smallest absolute Gasteiger partial charge is 0.313 e. The lowest BCUT2D eigenvalue weighted by molar-refractivity contribution is -0.159. The highest BCUT2D eigenvalue weighted by molar-refractivity contribution is 6.06. The molecule has 2 aromatic carbocycles. The van der Waals surface area contributed by atoms with Crippen LogP contribution < -0.4 is 4.90 Å². The Morgan fingerprint density at radius 1 is 0.975 bits per heavy atom. The number of anilines is 1. The Bertz CT molecular complexity index is 1390. The van der Waals surface area contributed by atoms with E-state index in [1.54, 1.807) is 9.80 Å². The number of esters is 1. The molecule has 210 valence electrons. The van der Waals surface area contributed by atoms with Crippen LogP contribution >= 0.6 is 0 Å². The molecule has 8 heteroatoms. The zero-order valence-electron chi connectivity index (χ0n) is 22.8. The van der Waals surface area contributed by atoms with Crippen molar-refractivity contribution in [1.82, 2.24) is 4.90 Å². The number of likely N-dealkylation sites (tertiary alicyclic amines) is 1. The number of carbonyl (C=O) groups excluding carboxylic acids is 3. The van der Waals surface area contributed by atoms with Gasteiger partial charge in [-0.2, -0.15) is 0 Å². The number of nitrogens with zero attached hydrogens (tertiary/aromatic N) is 2. The fourth-order valence-electron chi connectivity index (χ4n) is 7.08. The number of cyclic esters (lactones) is 1. The SMILES string of the molecule is CC[C@@]12/C=C\CCCOC(=O)[C@@H]1[C@H]1C(=O)N(CCCCO)C3C(=O)N(c4ccc5ccccc5c4)CC=C[C@@]31O2. The van der Waals surface area contributed by atoms with Gasteiger partial charge in [0.25, 0.3) is 5.91 Å². The Balaban J connectivity index is 1.47. The topological polar surface area (TPSA) is 96.4 Å². The van der Waals surface area contributed by atoms with Crippen LogP contribution in [0, 0.1) is 11.8 Å². The maximum Gasteiger partial charge on any atom is 0.313 e. The zero-order valence-corrected chi connectivity index (χ0v) is 22.8. The van der Waals surface area contributed by atoms with E-state index in [2.05, 4.69) is 0 Å². The number of ether oxygens (including phenoxy) is 2. The summed E-state index contributed by atoms with van der Waals surface area (Å²) in [5.74, 6) is -2.72. The second-order valence-corrected chi connectivity index (χ2v) is 11.2. The van der Waals surface area contributed by atoms with Crippen LogP contribution in [-0.4, -0.2) is 71.3 Å². The Morgan fingerprint density at radius 3 is 2.60 bits per heavy atom. The van der Waals surface area contributed by atoms with Gasteiger partial charge in [-0.3, -0.25) is 14.4 Å². The van der Waals surface area contributed by atoms with Gasteiger partial charge in [0, 0.05) is 25.4 Å². The first-order valence-electron chi connectivity index (χ1n) is 14.4. The molecule has 6 rings (SSSR count). The van der Waals surface area contributed by atoms with Crippen LogP contribution in [0.2, 0.25) is 0 Å². The van der Waals surface area contributed by atoms with Crippen LogP contribution in [0.4, 0.5) is 5.69 Å². The maximum atomic E-state index is 14.6. The molecule has 2 fully saturated rings. The van der Waals surface area contributed by atoms with Crippen molar-refractivity contribution in [2.24, 2.45) is 11.8 Å². The number of fused-ring (bicyclic) bond motifs is 3. The van der Waals surface area contributed by atoms with Crippen molar-refractivity contribution in [2.75, 3.05) is 31.2 Å². The second-order valence-electron chi connectivity index (χ2n) is 11.2. The van der Waals surface area contributed by atoms with Crippen molar-refractivity contribution in [2.45, 2.75) is 56.3 Å². The summed E-state index contributed by atoms with van der Waals surface area (Å²) in [7, 11) is 0. The van der Waals surface area contributed by atoms with Crippen molar-refractivity contribution in [3.8, 4) is 0 Å². The van der Waals surface area contributed by atoms with Gasteiger partial charge in [0.2, 0.25) is 5.91 Å². The summed E-state index contributed by atoms with van der Waals surface area (Å²) in [5.41, 5.74) is -1.64. The van der Waals surface area contributed by atoms with Crippen LogP contribution in [0.3, 0.4) is 0 Å². The Kier molecular flexibility index (Phi) is 7.00. The number of benzene rings is 2. The minimum Gasteiger partial charge on any atom is -0.465 e. The van der Waals surface area contributed by atoms with E-state index >= 15 is 0 Å². The van der Waals surface area contributed by atoms with Crippen molar-refractivity contribution in [3.05, 3.63) is 66.8 Å². The van der Waals surface area contributed by atoms with Gasteiger partial charge in [-0.25, -0.2) is 0 Å². The minimum atomic E-state index is -1.32. The van der Waals surface area contributed by atoms with Gasteiger partial charge in [0.1, 0.15) is 23.2 Å². The molecule has 40 heavy (non-hydrogen) atoms. The van der Waals surface area contributed by atoms with Crippen LogP contribution in [0.1, 0.15) is 39.0 Å². The molecular formula is C32H36N2O6. The van der Waals surface area contributed by atoms with E-state index in [1.165, 1.54) is 0 Å². The van der Waals surface area contributed by atoms with Crippen LogP contribution in [-0.2, 0) is 23.9 Å². The van der Waals surface area contributed by atoms with Crippen molar-refractivity contribution < 1.29 is 29.0 Å². The number of hydrogen-bond donors (Lipinski definition) is 1. The highest BCUT2D eigenvalue weighted by Crippen LogP contribution is 2.58. The van der Waals surface area contributed by atoms with Gasteiger partial charge in [-0.1, -0.05) is 61.6 Å². The monoisotopic (exact) mass is 544 g/mol. The molecule has 4 aliphatic rings. The van der Waals surface area contributed by atoms with Crippen molar-refractivity contribution in [3.63, 3.8) is 0 Å². The third-order valence-corrected chi connectivity index (χ3v) is 8.98. The molecule has 0 radical (unpaired) electrons. The second kappa shape index (κ2) is 10.5. The summed E-state index contributed by atoms with van der Waals surface area (Å²) < 4.78 is 12.6. The Labute approximate surface area is 234 Å². The number of unbranched alkanes of at least 4 members (excludes halogenated alkanes) is 1. The van der Waals surface area contributed by atoms with Crippen LogP contribution in [0.5, 0.6) is 0 Å². The maximum absolute atomic E-state index is 14.6. The summed E-state index contributed by atoms with van der Waals surface area (Å²) in [4.78, 5) is 45.8. The highest BCUT2D eigenvalue weighted by atomic mass is 16.6. The molecule has 2 amide bonds. The van der Waals surface area contributed by atoms with E-state index in [4.69, 9.17) is 9.47 Å². The van der Waals surface area contributed by atoms with Gasteiger partial charge in [-0.15, -0.1) is 0 Å². The van der Waals surface area contributed by atoms with E-state index < -0.39 is 35.0 Å². The molecule has 0 bridgehead atoms. The largest absolute Gasteiger partial charge is 0.465 e. The van der Waals surface area contributed by atoms with Crippen molar-refractivity contribution >= 4 is 34.2 Å². The number of amides is 2. The molecule has 2 saturated heterocycles. The van der Waals surface area contributed by atoms with E-state index in [9.17, 15) is 19.5 Å². The van der Waals surface area contributed by atoms with Crippen LogP contribution in [0.25, 0.3) is 10.8 Å². The third kappa shape index (κ3) is 4.08. The minimum absolute atomic E-state index is 0.00642. The molecule has 1 unspecified atom stereocenters. The lowest BCUT2D eigenvalue weighted by Gasteiger charge is -2.38.